The van der Waals surface area contributed by atoms with Crippen molar-refractivity contribution in [2.45, 2.75) is 6.42 Å². The predicted molar refractivity (Wildman–Crippen MR) is 99.2 cm³/mol. The van der Waals surface area contributed by atoms with E-state index >= 15 is 0 Å². The molecule has 2 aromatic rings. The van der Waals surface area contributed by atoms with E-state index in [1.54, 1.807) is 19.3 Å². The summed E-state index contributed by atoms with van der Waals surface area (Å²) in [5.41, 5.74) is 10.5. The third kappa shape index (κ3) is 4.71. The summed E-state index contributed by atoms with van der Waals surface area (Å²) in [6.07, 6.45) is 3.40. The highest BCUT2D eigenvalue weighted by molar-refractivity contribution is 5.88. The first-order valence-corrected chi connectivity index (χ1v) is 7.65. The fraction of sp³-hybridized carbons (Fsp3) is 0.158. The first-order chi connectivity index (χ1) is 11.6. The standard InChI is InChI=1S/C19H21N3O2/c1-21-11-9-17(20)16-13-15(14-5-3-2-4-6-14)7-8-18(16)22-12-10-19(23)24/h2-9,11,13,22H,10,12,20H2,1H3,(H,23,24). The van der Waals surface area contributed by atoms with Crippen LogP contribution in [0.15, 0.2) is 59.6 Å². The van der Waals surface area contributed by atoms with Gasteiger partial charge in [0.15, 0.2) is 0 Å². The van der Waals surface area contributed by atoms with Crippen LogP contribution >= 0.6 is 0 Å². The monoisotopic (exact) mass is 323 g/mol. The third-order valence-corrected chi connectivity index (χ3v) is 3.50. The summed E-state index contributed by atoms with van der Waals surface area (Å²) in [7, 11) is 1.68. The topological polar surface area (TPSA) is 87.7 Å². The van der Waals surface area contributed by atoms with E-state index in [0.29, 0.717) is 12.2 Å². The maximum atomic E-state index is 10.7. The number of nitrogens with two attached hydrogens (primary N) is 1. The van der Waals surface area contributed by atoms with Gasteiger partial charge in [-0.25, -0.2) is 0 Å². The minimum absolute atomic E-state index is 0.0416. The number of benzene rings is 2. The molecule has 5 heteroatoms. The number of carboxylic acids is 1. The summed E-state index contributed by atoms with van der Waals surface area (Å²) in [5, 5.41) is 11.9. The van der Waals surface area contributed by atoms with Gasteiger partial charge in [-0.2, -0.15) is 0 Å². The van der Waals surface area contributed by atoms with E-state index in [-0.39, 0.29) is 6.42 Å². The van der Waals surface area contributed by atoms with Gasteiger partial charge in [-0.3, -0.25) is 9.79 Å². The van der Waals surface area contributed by atoms with Crippen LogP contribution in [-0.2, 0) is 4.79 Å². The smallest absolute Gasteiger partial charge is 0.305 e. The molecule has 0 aliphatic rings. The molecule has 0 spiro atoms. The van der Waals surface area contributed by atoms with Crippen LogP contribution in [0, 0.1) is 0 Å². The van der Waals surface area contributed by atoms with Gasteiger partial charge >= 0.3 is 5.97 Å². The van der Waals surface area contributed by atoms with Gasteiger partial charge in [0.2, 0.25) is 0 Å². The summed E-state index contributed by atoms with van der Waals surface area (Å²) < 4.78 is 0. The minimum atomic E-state index is -0.841. The fourth-order valence-electron chi connectivity index (χ4n) is 2.30. The lowest BCUT2D eigenvalue weighted by Gasteiger charge is -2.14. The van der Waals surface area contributed by atoms with Gasteiger partial charge in [0.05, 0.1) is 6.42 Å². The van der Waals surface area contributed by atoms with Crippen molar-refractivity contribution in [2.75, 3.05) is 18.9 Å². The van der Waals surface area contributed by atoms with Crippen molar-refractivity contribution in [3.05, 3.63) is 60.2 Å². The Morgan fingerprint density at radius 2 is 1.96 bits per heavy atom. The molecule has 0 aromatic heterocycles. The Balaban J connectivity index is 2.37. The molecule has 0 amide bonds. The van der Waals surface area contributed by atoms with E-state index in [2.05, 4.69) is 10.3 Å². The molecule has 0 unspecified atom stereocenters. The first-order valence-electron chi connectivity index (χ1n) is 7.65. The number of nitrogens with one attached hydrogen (secondary N) is 1. The first kappa shape index (κ1) is 17.3. The number of carboxylic acid groups (broad SMARTS) is 1. The minimum Gasteiger partial charge on any atom is -0.481 e. The van der Waals surface area contributed by atoms with Crippen molar-refractivity contribution in [1.82, 2.24) is 0 Å². The number of anilines is 1. The second kappa shape index (κ2) is 8.53. The molecule has 24 heavy (non-hydrogen) atoms. The van der Waals surface area contributed by atoms with Crippen LogP contribution in [0.3, 0.4) is 0 Å². The molecule has 0 heterocycles. The molecule has 2 rings (SSSR count). The van der Waals surface area contributed by atoms with Gasteiger partial charge in [-0.05, 0) is 29.3 Å². The Bertz CT molecular complexity index is 752. The van der Waals surface area contributed by atoms with Crippen LogP contribution in [0.2, 0.25) is 0 Å². The zero-order valence-corrected chi connectivity index (χ0v) is 13.6. The number of nitrogens with zero attached hydrogens (tertiary/aromatic N) is 1. The Kier molecular flexibility index (Phi) is 6.14. The number of aliphatic carboxylic acids is 1. The summed E-state index contributed by atoms with van der Waals surface area (Å²) in [4.78, 5) is 14.6. The largest absolute Gasteiger partial charge is 0.481 e. The molecule has 0 bridgehead atoms. The molecular formula is C19H21N3O2. The maximum absolute atomic E-state index is 10.7. The van der Waals surface area contributed by atoms with Crippen LogP contribution in [-0.4, -0.2) is 30.9 Å². The van der Waals surface area contributed by atoms with Gasteiger partial charge in [-0.1, -0.05) is 36.4 Å². The number of hydrogen-bond acceptors (Lipinski definition) is 4. The Morgan fingerprint density at radius 1 is 1.21 bits per heavy atom. The number of hydrogen-bond donors (Lipinski definition) is 3. The number of allylic oxidation sites excluding steroid dienone is 1. The highest BCUT2D eigenvalue weighted by Gasteiger charge is 2.08. The Morgan fingerprint density at radius 3 is 2.62 bits per heavy atom. The van der Waals surface area contributed by atoms with E-state index in [9.17, 15) is 4.79 Å². The van der Waals surface area contributed by atoms with Crippen molar-refractivity contribution in [1.29, 1.82) is 0 Å². The van der Waals surface area contributed by atoms with Crippen molar-refractivity contribution in [2.24, 2.45) is 10.7 Å². The van der Waals surface area contributed by atoms with Gasteiger partial charge in [0.25, 0.3) is 0 Å². The van der Waals surface area contributed by atoms with Crippen molar-refractivity contribution in [3.63, 3.8) is 0 Å². The summed E-state index contributed by atoms with van der Waals surface area (Å²) in [6.45, 7) is 0.335. The lowest BCUT2D eigenvalue weighted by atomic mass is 10.00. The van der Waals surface area contributed by atoms with Gasteiger partial charge < -0.3 is 16.2 Å². The zero-order valence-electron chi connectivity index (χ0n) is 13.6. The molecule has 0 aliphatic carbocycles. The van der Waals surface area contributed by atoms with Crippen LogP contribution in [0.1, 0.15) is 12.0 Å². The molecule has 0 saturated heterocycles. The summed E-state index contributed by atoms with van der Waals surface area (Å²) >= 11 is 0. The average molecular weight is 323 g/mol. The van der Waals surface area contributed by atoms with Gasteiger partial charge in [0.1, 0.15) is 0 Å². The third-order valence-electron chi connectivity index (χ3n) is 3.50. The van der Waals surface area contributed by atoms with E-state index in [1.807, 2.05) is 48.5 Å². The lowest BCUT2D eigenvalue weighted by molar-refractivity contribution is -0.136. The number of carbonyl (C=O) groups is 1. The second-order valence-corrected chi connectivity index (χ2v) is 5.23. The molecule has 4 N–H and O–H groups in total. The molecule has 0 fully saturated rings. The fourth-order valence-corrected chi connectivity index (χ4v) is 2.30. The predicted octanol–water partition coefficient (Wildman–Crippen LogP) is 3.24. The quantitative estimate of drug-likeness (QED) is 0.683. The van der Waals surface area contributed by atoms with E-state index in [1.165, 1.54) is 0 Å². The van der Waals surface area contributed by atoms with Crippen molar-refractivity contribution in [3.8, 4) is 11.1 Å². The van der Waals surface area contributed by atoms with Gasteiger partial charge in [0, 0.05) is 36.8 Å². The van der Waals surface area contributed by atoms with E-state index < -0.39 is 5.97 Å². The summed E-state index contributed by atoms with van der Waals surface area (Å²) in [5.74, 6) is -0.841. The van der Waals surface area contributed by atoms with Crippen LogP contribution in [0.5, 0.6) is 0 Å². The Labute approximate surface area is 141 Å². The highest BCUT2D eigenvalue weighted by atomic mass is 16.4. The second-order valence-electron chi connectivity index (χ2n) is 5.23. The molecule has 0 radical (unpaired) electrons. The number of aliphatic imine (C=N–C) groups is 1. The van der Waals surface area contributed by atoms with E-state index in [4.69, 9.17) is 10.8 Å². The zero-order chi connectivity index (χ0) is 17.4. The Hall–Kier alpha value is -3.08. The molecule has 2 aromatic carbocycles. The average Bonchev–Trinajstić information content (AvgIpc) is 2.60. The van der Waals surface area contributed by atoms with Crippen LogP contribution in [0.25, 0.3) is 16.8 Å². The van der Waals surface area contributed by atoms with Crippen molar-refractivity contribution < 1.29 is 9.90 Å². The van der Waals surface area contributed by atoms with Crippen LogP contribution in [0.4, 0.5) is 5.69 Å². The van der Waals surface area contributed by atoms with Gasteiger partial charge in [-0.15, -0.1) is 0 Å². The highest BCUT2D eigenvalue weighted by Crippen LogP contribution is 2.28. The van der Waals surface area contributed by atoms with E-state index in [0.717, 1.165) is 22.4 Å². The molecule has 0 saturated carbocycles. The molecular weight excluding hydrogens is 302 g/mol. The summed E-state index contributed by atoms with van der Waals surface area (Å²) in [6, 6.07) is 15.9. The van der Waals surface area contributed by atoms with Crippen LogP contribution < -0.4 is 11.1 Å². The molecule has 5 nitrogen and oxygen atoms in total. The molecule has 0 atom stereocenters. The maximum Gasteiger partial charge on any atom is 0.305 e. The normalized spacial score (nSPS) is 11.6. The lowest BCUT2D eigenvalue weighted by Crippen LogP contribution is -2.10. The molecule has 124 valence electrons. The van der Waals surface area contributed by atoms with Crippen molar-refractivity contribution >= 4 is 23.6 Å². The SMILES string of the molecule is CN=CC=C(N)c1cc(-c2ccccc2)ccc1NCCC(=O)O. The molecule has 0 aliphatic heterocycles. The number of rotatable bonds is 7.